The highest BCUT2D eigenvalue weighted by molar-refractivity contribution is 6.10. The molecule has 2 amide bonds. The molecule has 0 unspecified atom stereocenters. The van der Waals surface area contributed by atoms with Crippen molar-refractivity contribution in [3.05, 3.63) is 90.0 Å². The largest absolute Gasteiger partial charge is 0.489 e. The number of carbonyl (C=O) groups is 3. The molecule has 7 nitrogen and oxygen atoms in total. The quantitative estimate of drug-likeness (QED) is 0.623. The van der Waals surface area contributed by atoms with Gasteiger partial charge in [-0.15, -0.1) is 0 Å². The van der Waals surface area contributed by atoms with Crippen LogP contribution in [0.1, 0.15) is 15.9 Å². The first kappa shape index (κ1) is 20.2. The van der Waals surface area contributed by atoms with Gasteiger partial charge in [0.1, 0.15) is 18.9 Å². The molecule has 0 aromatic heterocycles. The second-order valence-electron chi connectivity index (χ2n) is 6.92. The number of hydrogen-bond acceptors (Lipinski definition) is 5. The van der Waals surface area contributed by atoms with E-state index in [0.29, 0.717) is 23.5 Å². The van der Waals surface area contributed by atoms with Crippen molar-refractivity contribution >= 4 is 29.2 Å². The van der Waals surface area contributed by atoms with E-state index in [4.69, 9.17) is 9.47 Å². The molecule has 0 fully saturated rings. The van der Waals surface area contributed by atoms with E-state index in [1.165, 1.54) is 4.90 Å². The van der Waals surface area contributed by atoms with Gasteiger partial charge >= 0.3 is 5.97 Å². The molecule has 7 heteroatoms. The van der Waals surface area contributed by atoms with Crippen molar-refractivity contribution in [1.82, 2.24) is 0 Å². The maximum absolute atomic E-state index is 12.6. The van der Waals surface area contributed by atoms with Gasteiger partial charge in [-0.3, -0.25) is 14.5 Å². The smallest absolute Gasteiger partial charge is 0.338 e. The summed E-state index contributed by atoms with van der Waals surface area (Å²) in [4.78, 5) is 38.1. The number of carbonyl (C=O) groups excluding carboxylic acids is 3. The zero-order valence-electron chi connectivity index (χ0n) is 16.6. The second-order valence-corrected chi connectivity index (χ2v) is 6.92. The Hall–Kier alpha value is -4.13. The molecule has 0 saturated carbocycles. The van der Waals surface area contributed by atoms with E-state index >= 15 is 0 Å². The van der Waals surface area contributed by atoms with Gasteiger partial charge in [0.05, 0.1) is 16.9 Å². The number of para-hydroxylation sites is 3. The summed E-state index contributed by atoms with van der Waals surface area (Å²) >= 11 is 0. The Balaban J connectivity index is 1.32. The molecule has 1 heterocycles. The molecule has 31 heavy (non-hydrogen) atoms. The zero-order valence-corrected chi connectivity index (χ0v) is 16.6. The first-order valence-corrected chi connectivity index (χ1v) is 9.73. The Morgan fingerprint density at radius 3 is 2.39 bits per heavy atom. The summed E-state index contributed by atoms with van der Waals surface area (Å²) in [6.07, 6.45) is 0. The minimum Gasteiger partial charge on any atom is -0.489 e. The van der Waals surface area contributed by atoms with Crippen LogP contribution in [-0.2, 0) is 20.9 Å². The number of fused-ring (bicyclic) bond motifs is 1. The van der Waals surface area contributed by atoms with Crippen LogP contribution in [0.4, 0.5) is 11.4 Å². The summed E-state index contributed by atoms with van der Waals surface area (Å²) in [6, 6.07) is 23.2. The predicted molar refractivity (Wildman–Crippen MR) is 115 cm³/mol. The van der Waals surface area contributed by atoms with Gasteiger partial charge in [0, 0.05) is 0 Å². The van der Waals surface area contributed by atoms with Crippen molar-refractivity contribution in [3.63, 3.8) is 0 Å². The molecule has 1 N–H and O–H groups in total. The van der Waals surface area contributed by atoms with Gasteiger partial charge < -0.3 is 14.8 Å². The average molecular weight is 416 g/mol. The van der Waals surface area contributed by atoms with Crippen molar-refractivity contribution in [3.8, 4) is 5.75 Å². The van der Waals surface area contributed by atoms with Crippen LogP contribution in [0.15, 0.2) is 78.9 Å². The lowest BCUT2D eigenvalue weighted by Gasteiger charge is -2.28. The number of hydrogen-bond donors (Lipinski definition) is 1. The van der Waals surface area contributed by atoms with Crippen molar-refractivity contribution in [2.24, 2.45) is 0 Å². The minimum absolute atomic E-state index is 0.122. The van der Waals surface area contributed by atoms with E-state index in [0.717, 1.165) is 11.3 Å². The van der Waals surface area contributed by atoms with Crippen molar-refractivity contribution in [2.75, 3.05) is 23.4 Å². The number of rotatable bonds is 6. The lowest BCUT2D eigenvalue weighted by Crippen LogP contribution is -2.44. The van der Waals surface area contributed by atoms with Crippen molar-refractivity contribution < 1.29 is 23.9 Å². The maximum atomic E-state index is 12.6. The molecule has 0 bridgehead atoms. The third-order valence-corrected chi connectivity index (χ3v) is 4.74. The van der Waals surface area contributed by atoms with Crippen LogP contribution in [0, 0.1) is 0 Å². The molecule has 0 aliphatic carbocycles. The third kappa shape index (κ3) is 4.90. The molecule has 3 aromatic rings. The molecule has 156 valence electrons. The van der Waals surface area contributed by atoms with Gasteiger partial charge in [0.15, 0.2) is 6.61 Å². The molecule has 0 atom stereocenters. The Kier molecular flexibility index (Phi) is 5.93. The summed E-state index contributed by atoms with van der Waals surface area (Å²) in [7, 11) is 0. The van der Waals surface area contributed by atoms with Gasteiger partial charge in [-0.25, -0.2) is 4.79 Å². The fourth-order valence-corrected chi connectivity index (χ4v) is 3.16. The molecule has 0 radical (unpaired) electrons. The molecule has 3 aromatic carbocycles. The van der Waals surface area contributed by atoms with Crippen LogP contribution in [0.5, 0.6) is 5.75 Å². The van der Waals surface area contributed by atoms with Gasteiger partial charge in [0.25, 0.3) is 5.91 Å². The molecule has 0 spiro atoms. The highest BCUT2D eigenvalue weighted by atomic mass is 16.5. The van der Waals surface area contributed by atoms with Gasteiger partial charge in [0.2, 0.25) is 5.91 Å². The van der Waals surface area contributed by atoms with Crippen molar-refractivity contribution in [1.29, 1.82) is 0 Å². The maximum Gasteiger partial charge on any atom is 0.338 e. The highest BCUT2D eigenvalue weighted by Crippen LogP contribution is 2.28. The topological polar surface area (TPSA) is 84.9 Å². The molecular weight excluding hydrogens is 396 g/mol. The summed E-state index contributed by atoms with van der Waals surface area (Å²) in [5.41, 5.74) is 2.35. The van der Waals surface area contributed by atoms with Crippen LogP contribution in [0.2, 0.25) is 0 Å². The van der Waals surface area contributed by atoms with Crippen LogP contribution in [0.25, 0.3) is 0 Å². The lowest BCUT2D eigenvalue weighted by atomic mass is 10.1. The number of nitrogens with one attached hydrogen (secondary N) is 1. The number of ether oxygens (including phenoxy) is 2. The number of esters is 1. The summed E-state index contributed by atoms with van der Waals surface area (Å²) in [5, 5.41) is 2.71. The standard InChI is InChI=1S/C24H20N2O5/c27-22-14-26(21-9-5-4-8-20(21)25-22)23(28)16-31-24(29)18-12-10-17(11-13-18)15-30-19-6-2-1-3-7-19/h1-13H,14-16H2,(H,25,27). The van der Waals surface area contributed by atoms with Crippen LogP contribution in [0.3, 0.4) is 0 Å². The second kappa shape index (κ2) is 9.13. The monoisotopic (exact) mass is 416 g/mol. The predicted octanol–water partition coefficient (Wildman–Crippen LogP) is 3.41. The van der Waals surface area contributed by atoms with E-state index in [9.17, 15) is 14.4 Å². The number of amides is 2. The van der Waals surface area contributed by atoms with E-state index in [2.05, 4.69) is 5.32 Å². The van der Waals surface area contributed by atoms with Gasteiger partial charge in [-0.05, 0) is 42.0 Å². The highest BCUT2D eigenvalue weighted by Gasteiger charge is 2.27. The van der Waals surface area contributed by atoms with Crippen LogP contribution in [-0.4, -0.2) is 30.9 Å². The number of nitrogens with zero attached hydrogens (tertiary/aromatic N) is 1. The minimum atomic E-state index is -0.612. The lowest BCUT2D eigenvalue weighted by molar-refractivity contribution is -0.124. The fraction of sp³-hybridized carbons (Fsp3) is 0.125. The average Bonchev–Trinajstić information content (AvgIpc) is 2.81. The molecular formula is C24H20N2O5. The van der Waals surface area contributed by atoms with E-state index < -0.39 is 18.5 Å². The Bertz CT molecular complexity index is 1100. The zero-order chi connectivity index (χ0) is 21.6. The van der Waals surface area contributed by atoms with E-state index in [-0.39, 0.29) is 12.5 Å². The molecule has 4 rings (SSSR count). The first-order chi connectivity index (χ1) is 15.1. The molecule has 0 saturated heterocycles. The van der Waals surface area contributed by atoms with Crippen LogP contribution < -0.4 is 15.0 Å². The summed E-state index contributed by atoms with van der Waals surface area (Å²) in [6.45, 7) is -0.211. The SMILES string of the molecule is O=C1CN(C(=O)COC(=O)c2ccc(COc3ccccc3)cc2)c2ccccc2N1. The van der Waals surface area contributed by atoms with Gasteiger partial charge in [-0.2, -0.15) is 0 Å². The summed E-state index contributed by atoms with van der Waals surface area (Å²) in [5.74, 6) is -0.619. The third-order valence-electron chi connectivity index (χ3n) is 4.74. The Morgan fingerprint density at radius 2 is 1.61 bits per heavy atom. The number of benzene rings is 3. The normalized spacial score (nSPS) is 12.5. The molecule has 1 aliphatic rings. The number of anilines is 2. The van der Waals surface area contributed by atoms with Crippen molar-refractivity contribution in [2.45, 2.75) is 6.61 Å². The fourth-order valence-electron chi connectivity index (χ4n) is 3.16. The Labute approximate surface area is 179 Å². The van der Waals surface area contributed by atoms with E-state index in [1.54, 1.807) is 48.5 Å². The Morgan fingerprint density at radius 1 is 0.903 bits per heavy atom. The summed E-state index contributed by atoms with van der Waals surface area (Å²) < 4.78 is 10.8. The first-order valence-electron chi connectivity index (χ1n) is 9.73. The van der Waals surface area contributed by atoms with E-state index in [1.807, 2.05) is 30.3 Å². The van der Waals surface area contributed by atoms with Crippen LogP contribution >= 0.6 is 0 Å². The van der Waals surface area contributed by atoms with Gasteiger partial charge in [-0.1, -0.05) is 42.5 Å². The molecule has 1 aliphatic heterocycles.